The van der Waals surface area contributed by atoms with Gasteiger partial charge in [0.2, 0.25) is 0 Å². The molecule has 2 heterocycles. The van der Waals surface area contributed by atoms with E-state index in [1.54, 1.807) is 26.0 Å². The van der Waals surface area contributed by atoms with Gasteiger partial charge in [-0.25, -0.2) is 4.39 Å². The van der Waals surface area contributed by atoms with Crippen LogP contribution in [0.1, 0.15) is 47.5 Å². The lowest BCUT2D eigenvalue weighted by molar-refractivity contribution is -0.172. The van der Waals surface area contributed by atoms with Crippen LogP contribution in [-0.2, 0) is 4.79 Å². The molecule has 3 rings (SSSR count). The molecule has 7 nitrogen and oxygen atoms in total. The van der Waals surface area contributed by atoms with Crippen molar-refractivity contribution in [1.82, 2.24) is 9.80 Å². The average Bonchev–Trinajstić information content (AvgIpc) is 2.93. The lowest BCUT2D eigenvalue weighted by Gasteiger charge is -2.63. The number of allylic oxidation sites excluding steroid dienone is 7. The molecule has 1 spiro atoms. The Morgan fingerprint density at radius 2 is 1.71 bits per heavy atom. The SMILES string of the molecule is C/C=C\C=C(\C=O)C(C)=N.C=C(/C=C(\N)N1CC2(CCC2(C)F)C1)N1C=C(C(F)(F)F)C=C(CN)C1=C.CC.CO.FC(F)F. The van der Waals surface area contributed by atoms with E-state index in [0.29, 0.717) is 48.6 Å². The van der Waals surface area contributed by atoms with Crippen LogP contribution in [0.5, 0.6) is 0 Å². The number of hydrogen-bond donors (Lipinski definition) is 4. The number of nitrogens with one attached hydrogen (secondary N) is 1. The quantitative estimate of drug-likeness (QED) is 0.0787. The summed E-state index contributed by atoms with van der Waals surface area (Å²) in [5, 5.41) is 14.1. The van der Waals surface area contributed by atoms with Crippen molar-refractivity contribution in [2.45, 2.75) is 66.0 Å². The maximum Gasteiger partial charge on any atom is 0.417 e. The summed E-state index contributed by atoms with van der Waals surface area (Å²) in [5.74, 6) is 0.340. The zero-order valence-electron chi connectivity index (χ0n) is 26.6. The number of aldehydes is 1. The maximum atomic E-state index is 14.3. The summed E-state index contributed by atoms with van der Waals surface area (Å²) in [4.78, 5) is 13.3. The number of halogens is 7. The van der Waals surface area contributed by atoms with Gasteiger partial charge in [-0.1, -0.05) is 45.2 Å². The summed E-state index contributed by atoms with van der Waals surface area (Å²) in [6.45, 7) is 13.9. The Bertz CT molecular complexity index is 1160. The van der Waals surface area contributed by atoms with Crippen molar-refractivity contribution in [1.29, 1.82) is 5.41 Å². The fraction of sp³-hybridized carbons (Fsp3) is 0.484. The molecular formula is C31H46F7N5O2. The van der Waals surface area contributed by atoms with E-state index in [1.165, 1.54) is 11.0 Å². The minimum atomic E-state index is -4.52. The number of nitrogens with two attached hydrogens (primary N) is 2. The Morgan fingerprint density at radius 1 is 1.20 bits per heavy atom. The molecule has 2 fully saturated rings. The lowest BCUT2D eigenvalue weighted by atomic mass is 9.54. The van der Waals surface area contributed by atoms with Gasteiger partial charge in [-0.15, -0.1) is 0 Å². The zero-order chi connectivity index (χ0) is 35.8. The number of rotatable bonds is 7. The van der Waals surface area contributed by atoms with Crippen LogP contribution in [0.25, 0.3) is 0 Å². The minimum absolute atomic E-state index is 0.0844. The summed E-state index contributed by atoms with van der Waals surface area (Å²) in [5.41, 5.74) is 10.8. The molecule has 1 unspecified atom stereocenters. The van der Waals surface area contributed by atoms with Gasteiger partial charge in [-0.2, -0.15) is 26.3 Å². The molecule has 1 atom stereocenters. The van der Waals surface area contributed by atoms with Gasteiger partial charge < -0.3 is 31.8 Å². The molecule has 0 radical (unpaired) electrons. The number of carbonyl (C=O) groups is 1. The number of alkyl halides is 7. The third-order valence-electron chi connectivity index (χ3n) is 6.99. The second-order valence-electron chi connectivity index (χ2n) is 9.81. The minimum Gasteiger partial charge on any atom is -0.400 e. The van der Waals surface area contributed by atoms with Crippen molar-refractivity contribution in [2.75, 3.05) is 26.7 Å². The molecule has 45 heavy (non-hydrogen) atoms. The Labute approximate surface area is 261 Å². The van der Waals surface area contributed by atoms with Gasteiger partial charge in [0, 0.05) is 67.1 Å². The third kappa shape index (κ3) is 12.7. The van der Waals surface area contributed by atoms with Crippen molar-refractivity contribution in [2.24, 2.45) is 16.9 Å². The van der Waals surface area contributed by atoms with Crippen LogP contribution in [0, 0.1) is 10.8 Å². The second kappa shape index (κ2) is 19.7. The topological polar surface area (TPSA) is 120 Å². The summed E-state index contributed by atoms with van der Waals surface area (Å²) < 4.78 is 82.8. The Kier molecular flexibility index (Phi) is 19.0. The number of carbonyl (C=O) groups excluding carboxylic acids is 1. The first-order chi connectivity index (χ1) is 20.9. The second-order valence-corrected chi connectivity index (χ2v) is 9.81. The third-order valence-corrected chi connectivity index (χ3v) is 6.99. The normalized spacial score (nSPS) is 20.4. The van der Waals surface area contributed by atoms with Crippen LogP contribution in [0.15, 0.2) is 83.7 Å². The van der Waals surface area contributed by atoms with Crippen molar-refractivity contribution in [3.63, 3.8) is 0 Å². The highest BCUT2D eigenvalue weighted by atomic mass is 19.4. The molecule has 1 saturated heterocycles. The van der Waals surface area contributed by atoms with E-state index in [0.717, 1.165) is 25.8 Å². The summed E-state index contributed by atoms with van der Waals surface area (Å²) in [6.07, 6.45) is 6.09. The van der Waals surface area contributed by atoms with Gasteiger partial charge in [0.15, 0.2) is 6.29 Å². The van der Waals surface area contributed by atoms with Crippen molar-refractivity contribution in [3.8, 4) is 0 Å². The van der Waals surface area contributed by atoms with E-state index in [1.807, 2.05) is 31.7 Å². The summed E-state index contributed by atoms with van der Waals surface area (Å²) in [7, 11) is 1.00. The van der Waals surface area contributed by atoms with E-state index in [-0.39, 0.29) is 23.2 Å². The molecule has 14 heteroatoms. The number of likely N-dealkylation sites (tertiary alicyclic amines) is 1. The predicted molar refractivity (Wildman–Crippen MR) is 165 cm³/mol. The largest absolute Gasteiger partial charge is 0.417 e. The highest BCUT2D eigenvalue weighted by molar-refractivity contribution is 6.12. The first-order valence-electron chi connectivity index (χ1n) is 13.8. The highest BCUT2D eigenvalue weighted by Gasteiger charge is 2.63. The van der Waals surface area contributed by atoms with E-state index in [4.69, 9.17) is 22.0 Å². The van der Waals surface area contributed by atoms with Gasteiger partial charge in [-0.05, 0) is 45.3 Å². The molecule has 0 amide bonds. The van der Waals surface area contributed by atoms with Gasteiger partial charge in [-0.3, -0.25) is 4.79 Å². The molecule has 0 bridgehead atoms. The van der Waals surface area contributed by atoms with Crippen LogP contribution >= 0.6 is 0 Å². The monoisotopic (exact) mass is 653 g/mol. The number of aliphatic hydroxyl groups is 1. The first-order valence-corrected chi connectivity index (χ1v) is 13.8. The molecule has 2 aliphatic heterocycles. The lowest BCUT2D eigenvalue weighted by Crippen LogP contribution is -2.70. The average molecular weight is 654 g/mol. The molecule has 256 valence electrons. The Morgan fingerprint density at radius 3 is 2.04 bits per heavy atom. The van der Waals surface area contributed by atoms with Crippen LogP contribution in [0.3, 0.4) is 0 Å². The van der Waals surface area contributed by atoms with Crippen molar-refractivity contribution >= 4 is 12.0 Å². The van der Waals surface area contributed by atoms with Crippen LogP contribution in [0.4, 0.5) is 30.7 Å². The van der Waals surface area contributed by atoms with Gasteiger partial charge in [0.25, 0.3) is 0 Å². The standard InChI is InChI=1S/C19H24F4N4.C8H11NO.C2H6.CHF3.CH4O/c1-12(6-16(25)26-10-18(11-26)5-4-17(18,3)20)27-9-15(19(21,22)23)7-14(8-24)13(27)2;1-3-4-5-8(6-10)7(2)9;1-2;2-1(3)4;1-2/h6-7,9H,1-2,4-5,8,10-11,24-25H2,3H3;3-6,9H,1-2H3;1-2H3;1H;2H,1H3/b16-6+;4-3-,8-5-,9-7?;;;. The molecule has 0 aromatic carbocycles. The smallest absolute Gasteiger partial charge is 0.400 e. The summed E-state index contributed by atoms with van der Waals surface area (Å²) >= 11 is 0. The number of aliphatic hydroxyl groups excluding tert-OH is 1. The van der Waals surface area contributed by atoms with Gasteiger partial charge in [0.05, 0.1) is 5.57 Å². The molecule has 0 aromatic rings. The highest BCUT2D eigenvalue weighted by Crippen LogP contribution is 2.58. The zero-order valence-corrected chi connectivity index (χ0v) is 26.6. The Hall–Kier alpha value is -3.65. The van der Waals surface area contributed by atoms with E-state index >= 15 is 0 Å². The molecule has 1 saturated carbocycles. The fourth-order valence-electron chi connectivity index (χ4n) is 4.23. The van der Waals surface area contributed by atoms with E-state index < -0.39 is 24.1 Å². The van der Waals surface area contributed by atoms with Crippen LogP contribution in [-0.4, -0.2) is 72.2 Å². The predicted octanol–water partition coefficient (Wildman–Crippen LogP) is 6.83. The van der Waals surface area contributed by atoms with E-state index in [9.17, 15) is 35.5 Å². The molecule has 1 aliphatic carbocycles. The number of nitrogens with zero attached hydrogens (tertiary/aromatic N) is 2. The van der Waals surface area contributed by atoms with Crippen molar-refractivity contribution in [3.05, 3.63) is 83.7 Å². The first kappa shape index (κ1) is 43.5. The van der Waals surface area contributed by atoms with Crippen LogP contribution < -0.4 is 11.5 Å². The van der Waals surface area contributed by atoms with E-state index in [2.05, 4.69) is 13.2 Å². The maximum absolute atomic E-state index is 14.3. The van der Waals surface area contributed by atoms with Gasteiger partial charge >= 0.3 is 12.9 Å². The summed E-state index contributed by atoms with van der Waals surface area (Å²) in [6, 6.07) is 0. The van der Waals surface area contributed by atoms with Crippen LogP contribution in [0.2, 0.25) is 0 Å². The van der Waals surface area contributed by atoms with Crippen molar-refractivity contribution < 1.29 is 40.6 Å². The molecule has 6 N–H and O–H groups in total. The van der Waals surface area contributed by atoms with Gasteiger partial charge in [0.1, 0.15) is 11.5 Å². The fourth-order valence-corrected chi connectivity index (χ4v) is 4.23. The molecular weight excluding hydrogens is 607 g/mol. The Balaban J connectivity index is 0. The molecule has 0 aromatic heterocycles. The molecule has 3 aliphatic rings. The number of hydrogen-bond acceptors (Lipinski definition) is 7.